The minimum atomic E-state index is -0.986. The second kappa shape index (κ2) is 9.66. The molecule has 1 unspecified atom stereocenters. The smallest absolute Gasteiger partial charge is 0.410 e. The molecule has 1 spiro atoms. The maximum atomic E-state index is 15.5. The van der Waals surface area contributed by atoms with E-state index >= 15 is 4.39 Å². The van der Waals surface area contributed by atoms with Gasteiger partial charge in [-0.05, 0) is 60.7 Å². The van der Waals surface area contributed by atoms with Crippen molar-refractivity contribution in [3.05, 3.63) is 82.7 Å². The van der Waals surface area contributed by atoms with Gasteiger partial charge in [-0.25, -0.2) is 18.0 Å². The molecule has 0 radical (unpaired) electrons. The molecule has 1 atom stereocenters. The summed E-state index contributed by atoms with van der Waals surface area (Å²) in [6.07, 6.45) is 0.236. The van der Waals surface area contributed by atoms with Crippen LogP contribution in [0.25, 0.3) is 0 Å². The molecule has 1 saturated carbocycles. The fraction of sp³-hybridized carbons (Fsp3) is 0.258. The SMILES string of the molecule is CN(C(=O)Oc1ccc2c(c1)C(=O)N(C1CCC(=O)NC1=O)C2)c1cc2c(cc1F)N(c1cc(F)cc(F)c1)C(=O)C21CC1. The third-order valence-electron chi connectivity index (χ3n) is 8.63. The lowest BCUT2D eigenvalue weighted by atomic mass is 9.97. The van der Waals surface area contributed by atoms with E-state index in [9.17, 15) is 32.8 Å². The van der Waals surface area contributed by atoms with Crippen LogP contribution in [0.1, 0.15) is 47.2 Å². The molecule has 2 fully saturated rings. The van der Waals surface area contributed by atoms with Gasteiger partial charge in [-0.1, -0.05) is 6.07 Å². The van der Waals surface area contributed by atoms with Gasteiger partial charge in [-0.2, -0.15) is 0 Å². The number of imide groups is 1. The normalized spacial score (nSPS) is 19.7. The molecular weight excluding hydrogens is 581 g/mol. The summed E-state index contributed by atoms with van der Waals surface area (Å²) in [5.41, 5.74) is 0.174. The Balaban J connectivity index is 1.13. The third kappa shape index (κ3) is 4.21. The van der Waals surface area contributed by atoms with Crippen molar-refractivity contribution in [1.29, 1.82) is 0 Å². The minimum absolute atomic E-state index is 0.00814. The molecule has 0 aromatic heterocycles. The third-order valence-corrected chi connectivity index (χ3v) is 8.63. The number of amides is 5. The van der Waals surface area contributed by atoms with Gasteiger partial charge in [0.15, 0.2) is 0 Å². The molecule has 1 saturated heterocycles. The van der Waals surface area contributed by atoms with Gasteiger partial charge < -0.3 is 9.64 Å². The molecule has 4 aliphatic rings. The zero-order chi connectivity index (χ0) is 31.1. The number of ether oxygens (including phenoxy) is 1. The van der Waals surface area contributed by atoms with E-state index in [-0.39, 0.29) is 47.8 Å². The number of piperidine rings is 1. The van der Waals surface area contributed by atoms with Gasteiger partial charge in [0, 0.05) is 37.7 Å². The Morgan fingerprint density at radius 1 is 1.00 bits per heavy atom. The van der Waals surface area contributed by atoms with Crippen molar-refractivity contribution < 1.29 is 41.9 Å². The van der Waals surface area contributed by atoms with Crippen LogP contribution in [0.3, 0.4) is 0 Å². The van der Waals surface area contributed by atoms with Crippen LogP contribution in [0.5, 0.6) is 5.75 Å². The Bertz CT molecular complexity index is 1820. The van der Waals surface area contributed by atoms with Gasteiger partial charge in [0.05, 0.1) is 22.5 Å². The highest BCUT2D eigenvalue weighted by Gasteiger charge is 2.60. The Hall–Kier alpha value is -5.20. The first kappa shape index (κ1) is 27.6. The lowest BCUT2D eigenvalue weighted by Gasteiger charge is -2.29. The van der Waals surface area contributed by atoms with Crippen LogP contribution >= 0.6 is 0 Å². The van der Waals surface area contributed by atoms with Gasteiger partial charge >= 0.3 is 6.09 Å². The zero-order valence-corrected chi connectivity index (χ0v) is 23.2. The molecule has 3 aromatic rings. The number of hydrogen-bond donors (Lipinski definition) is 1. The van der Waals surface area contributed by atoms with Crippen LogP contribution in [-0.2, 0) is 26.3 Å². The molecule has 1 N–H and O–H groups in total. The van der Waals surface area contributed by atoms with Gasteiger partial charge in [0.25, 0.3) is 5.91 Å². The quantitative estimate of drug-likeness (QED) is 0.446. The van der Waals surface area contributed by atoms with Gasteiger partial charge in [-0.15, -0.1) is 0 Å². The summed E-state index contributed by atoms with van der Waals surface area (Å²) in [5, 5.41) is 2.24. The molecule has 13 heteroatoms. The van der Waals surface area contributed by atoms with Gasteiger partial charge in [0.1, 0.15) is 29.2 Å². The fourth-order valence-corrected chi connectivity index (χ4v) is 6.21. The number of nitrogens with one attached hydrogen (secondary N) is 1. The standard InChI is InChI=1S/C31H23F3N4O6/c1-36(30(43)44-19-3-2-15-14-37(28(41)20(15)11-19)23-4-5-26(39)35-27(23)40)25-12-21-24(13-22(25)34)38(29(42)31(21)6-7-31)18-9-16(32)8-17(33)10-18/h2-3,8-13,23H,4-7,14H2,1H3,(H,35,39,40). The monoisotopic (exact) mass is 604 g/mol. The van der Waals surface area contributed by atoms with E-state index in [2.05, 4.69) is 5.32 Å². The molecule has 5 amide bonds. The second-order valence-electron chi connectivity index (χ2n) is 11.3. The topological polar surface area (TPSA) is 116 Å². The van der Waals surface area contributed by atoms with Crippen molar-refractivity contribution in [2.75, 3.05) is 16.8 Å². The van der Waals surface area contributed by atoms with E-state index in [0.29, 0.717) is 30.0 Å². The number of hydrogen-bond acceptors (Lipinski definition) is 6. The number of halogens is 3. The summed E-state index contributed by atoms with van der Waals surface area (Å²) in [6, 6.07) is 8.71. The van der Waals surface area contributed by atoms with Crippen molar-refractivity contribution in [3.63, 3.8) is 0 Å². The zero-order valence-electron chi connectivity index (χ0n) is 23.2. The van der Waals surface area contributed by atoms with E-state index in [1.54, 1.807) is 6.07 Å². The van der Waals surface area contributed by atoms with Crippen molar-refractivity contribution in [3.8, 4) is 5.75 Å². The number of fused-ring (bicyclic) bond motifs is 3. The summed E-state index contributed by atoms with van der Waals surface area (Å²) in [7, 11) is 1.28. The molecule has 0 bridgehead atoms. The Morgan fingerprint density at radius 2 is 1.73 bits per heavy atom. The van der Waals surface area contributed by atoms with Crippen LogP contribution in [0.15, 0.2) is 48.5 Å². The highest BCUT2D eigenvalue weighted by Crippen LogP contribution is 2.60. The maximum Gasteiger partial charge on any atom is 0.419 e. The Labute approximate surface area is 248 Å². The minimum Gasteiger partial charge on any atom is -0.410 e. The number of benzene rings is 3. The Morgan fingerprint density at radius 3 is 2.41 bits per heavy atom. The average molecular weight is 605 g/mol. The molecule has 224 valence electrons. The van der Waals surface area contributed by atoms with E-state index < -0.39 is 58.6 Å². The predicted molar refractivity (Wildman–Crippen MR) is 148 cm³/mol. The van der Waals surface area contributed by atoms with Crippen LogP contribution < -0.4 is 19.9 Å². The second-order valence-corrected chi connectivity index (χ2v) is 11.3. The lowest BCUT2D eigenvalue weighted by Crippen LogP contribution is -2.52. The lowest BCUT2D eigenvalue weighted by molar-refractivity contribution is -0.137. The van der Waals surface area contributed by atoms with E-state index in [0.717, 1.165) is 28.0 Å². The first-order valence-electron chi connectivity index (χ1n) is 13.8. The van der Waals surface area contributed by atoms with E-state index in [4.69, 9.17) is 4.74 Å². The summed E-state index contributed by atoms with van der Waals surface area (Å²) in [6.45, 7) is 0.147. The van der Waals surface area contributed by atoms with E-state index in [1.807, 2.05) is 0 Å². The number of carbonyl (C=O) groups excluding carboxylic acids is 5. The molecule has 10 nitrogen and oxygen atoms in total. The highest BCUT2D eigenvalue weighted by atomic mass is 19.1. The first-order valence-corrected chi connectivity index (χ1v) is 13.8. The largest absolute Gasteiger partial charge is 0.419 e. The van der Waals surface area contributed by atoms with Crippen LogP contribution in [0.4, 0.5) is 35.0 Å². The van der Waals surface area contributed by atoms with Crippen molar-refractivity contribution >= 4 is 46.8 Å². The van der Waals surface area contributed by atoms with Crippen LogP contribution in [0.2, 0.25) is 0 Å². The molecule has 44 heavy (non-hydrogen) atoms. The van der Waals surface area contributed by atoms with Crippen molar-refractivity contribution in [2.24, 2.45) is 0 Å². The summed E-state index contributed by atoms with van der Waals surface area (Å²) < 4.78 is 48.9. The number of carbonyl (C=O) groups is 5. The molecule has 3 aliphatic heterocycles. The van der Waals surface area contributed by atoms with E-state index in [1.165, 1.54) is 30.1 Å². The summed E-state index contributed by atoms with van der Waals surface area (Å²) in [5.74, 6) is -4.47. The Kier molecular flexibility index (Phi) is 6.06. The molecular formula is C31H23F3N4O6. The molecule has 3 heterocycles. The molecule has 7 rings (SSSR count). The first-order chi connectivity index (χ1) is 21.0. The van der Waals surface area contributed by atoms with Crippen molar-refractivity contribution in [1.82, 2.24) is 10.2 Å². The highest BCUT2D eigenvalue weighted by molar-refractivity contribution is 6.15. The summed E-state index contributed by atoms with van der Waals surface area (Å²) in [4.78, 5) is 66.8. The van der Waals surface area contributed by atoms with Gasteiger partial charge in [-0.3, -0.25) is 34.3 Å². The number of rotatable bonds is 4. The predicted octanol–water partition coefficient (Wildman–Crippen LogP) is 4.21. The molecule has 3 aromatic carbocycles. The molecule has 1 aliphatic carbocycles. The van der Waals surface area contributed by atoms with Gasteiger partial charge in [0.2, 0.25) is 17.7 Å². The maximum absolute atomic E-state index is 15.5. The number of anilines is 3. The summed E-state index contributed by atoms with van der Waals surface area (Å²) >= 11 is 0. The van der Waals surface area contributed by atoms with Crippen LogP contribution in [-0.4, -0.2) is 47.7 Å². The van der Waals surface area contributed by atoms with Crippen LogP contribution in [0, 0.1) is 17.5 Å². The van der Waals surface area contributed by atoms with Crippen molar-refractivity contribution in [2.45, 2.75) is 43.7 Å². The fourth-order valence-electron chi connectivity index (χ4n) is 6.21. The number of nitrogens with zero attached hydrogens (tertiary/aromatic N) is 3. The average Bonchev–Trinajstić information content (AvgIpc) is 3.66.